The summed E-state index contributed by atoms with van der Waals surface area (Å²) in [7, 11) is 1.91. The second-order valence-corrected chi connectivity index (χ2v) is 6.52. The standard InChI is InChI=1S/C20H23FN2O/c1-14-3-5-16(6-4-14)17-7-8-18(19(21)11-17)20(24)23-10-9-15(13-23)12-22-2/h3-8,11,15,22H,9-10,12-13H2,1-2H3/t15-/m0/s1. The third-order valence-corrected chi connectivity index (χ3v) is 4.65. The molecule has 0 radical (unpaired) electrons. The van der Waals surface area contributed by atoms with E-state index in [4.69, 9.17) is 0 Å². The molecule has 0 saturated carbocycles. The predicted molar refractivity (Wildman–Crippen MR) is 94.5 cm³/mol. The van der Waals surface area contributed by atoms with E-state index in [1.54, 1.807) is 11.0 Å². The summed E-state index contributed by atoms with van der Waals surface area (Å²) in [5.74, 6) is -0.203. The van der Waals surface area contributed by atoms with Crippen LogP contribution < -0.4 is 5.32 Å². The number of nitrogens with one attached hydrogen (secondary N) is 1. The second kappa shape index (κ2) is 7.14. The highest BCUT2D eigenvalue weighted by molar-refractivity contribution is 5.95. The van der Waals surface area contributed by atoms with Gasteiger partial charge in [0.15, 0.2) is 0 Å². The Kier molecular flexibility index (Phi) is 4.95. The molecule has 1 saturated heterocycles. The Labute approximate surface area is 142 Å². The van der Waals surface area contributed by atoms with Gasteiger partial charge in [-0.05, 0) is 56.1 Å². The van der Waals surface area contributed by atoms with Crippen LogP contribution in [-0.4, -0.2) is 37.5 Å². The summed E-state index contributed by atoms with van der Waals surface area (Å²) in [6, 6.07) is 12.8. The fourth-order valence-corrected chi connectivity index (χ4v) is 3.26. The number of nitrogens with zero attached hydrogens (tertiary/aromatic N) is 1. The number of amides is 1. The topological polar surface area (TPSA) is 32.3 Å². The molecule has 1 fully saturated rings. The number of hydrogen-bond acceptors (Lipinski definition) is 2. The number of halogens is 1. The Morgan fingerprint density at radius 3 is 2.58 bits per heavy atom. The summed E-state index contributed by atoms with van der Waals surface area (Å²) in [5.41, 5.74) is 3.07. The Bertz CT molecular complexity index is 727. The summed E-state index contributed by atoms with van der Waals surface area (Å²) < 4.78 is 14.5. The van der Waals surface area contributed by atoms with Gasteiger partial charge in [0.05, 0.1) is 5.56 Å². The smallest absolute Gasteiger partial charge is 0.256 e. The SMILES string of the molecule is CNC[C@@H]1CCN(C(=O)c2ccc(-c3ccc(C)cc3)cc2F)C1. The number of aryl methyl sites for hydroxylation is 1. The van der Waals surface area contributed by atoms with E-state index in [9.17, 15) is 9.18 Å². The first-order valence-corrected chi connectivity index (χ1v) is 8.39. The quantitative estimate of drug-likeness (QED) is 0.933. The maximum absolute atomic E-state index is 14.5. The highest BCUT2D eigenvalue weighted by Gasteiger charge is 2.27. The van der Waals surface area contributed by atoms with Gasteiger partial charge in [-0.3, -0.25) is 4.79 Å². The maximum Gasteiger partial charge on any atom is 0.256 e. The first kappa shape index (κ1) is 16.7. The van der Waals surface area contributed by atoms with E-state index in [2.05, 4.69) is 5.32 Å². The van der Waals surface area contributed by atoms with Crippen molar-refractivity contribution in [3.63, 3.8) is 0 Å². The van der Waals surface area contributed by atoms with Gasteiger partial charge in [-0.25, -0.2) is 4.39 Å². The molecule has 4 heteroatoms. The Hall–Kier alpha value is -2.20. The number of benzene rings is 2. The summed E-state index contributed by atoms with van der Waals surface area (Å²) >= 11 is 0. The molecule has 3 rings (SSSR count). The first-order valence-electron chi connectivity index (χ1n) is 8.39. The molecule has 2 aromatic carbocycles. The van der Waals surface area contributed by atoms with Crippen molar-refractivity contribution in [2.45, 2.75) is 13.3 Å². The van der Waals surface area contributed by atoms with Gasteiger partial charge in [0.2, 0.25) is 0 Å². The Morgan fingerprint density at radius 1 is 1.21 bits per heavy atom. The van der Waals surface area contributed by atoms with Crippen LogP contribution in [0.5, 0.6) is 0 Å². The second-order valence-electron chi connectivity index (χ2n) is 6.52. The van der Waals surface area contributed by atoms with Gasteiger partial charge in [-0.2, -0.15) is 0 Å². The molecule has 2 aromatic rings. The van der Waals surface area contributed by atoms with Gasteiger partial charge in [-0.15, -0.1) is 0 Å². The highest BCUT2D eigenvalue weighted by Crippen LogP contribution is 2.25. The van der Waals surface area contributed by atoms with Crippen molar-refractivity contribution in [1.82, 2.24) is 10.2 Å². The van der Waals surface area contributed by atoms with Crippen molar-refractivity contribution in [3.8, 4) is 11.1 Å². The fraction of sp³-hybridized carbons (Fsp3) is 0.350. The zero-order valence-corrected chi connectivity index (χ0v) is 14.2. The molecule has 24 heavy (non-hydrogen) atoms. The van der Waals surface area contributed by atoms with Crippen LogP contribution in [-0.2, 0) is 0 Å². The third-order valence-electron chi connectivity index (χ3n) is 4.65. The minimum Gasteiger partial charge on any atom is -0.338 e. The van der Waals surface area contributed by atoms with Gasteiger partial charge in [0.1, 0.15) is 5.82 Å². The van der Waals surface area contributed by atoms with E-state index in [0.29, 0.717) is 19.0 Å². The van der Waals surface area contributed by atoms with Crippen LogP contribution in [0.3, 0.4) is 0 Å². The van der Waals surface area contributed by atoms with Gasteiger partial charge in [0.25, 0.3) is 5.91 Å². The molecule has 0 aromatic heterocycles. The lowest BCUT2D eigenvalue weighted by Crippen LogP contribution is -2.30. The average molecular weight is 326 g/mol. The van der Waals surface area contributed by atoms with Crippen molar-refractivity contribution in [1.29, 1.82) is 0 Å². The third kappa shape index (κ3) is 3.49. The zero-order chi connectivity index (χ0) is 17.1. The van der Waals surface area contributed by atoms with Crippen LogP contribution in [0.25, 0.3) is 11.1 Å². The molecule has 0 unspecified atom stereocenters. The van der Waals surface area contributed by atoms with Crippen LogP contribution in [0.15, 0.2) is 42.5 Å². The number of rotatable bonds is 4. The van der Waals surface area contributed by atoms with Crippen LogP contribution in [0, 0.1) is 18.7 Å². The fourth-order valence-electron chi connectivity index (χ4n) is 3.26. The van der Waals surface area contributed by atoms with Crippen LogP contribution in [0.2, 0.25) is 0 Å². The van der Waals surface area contributed by atoms with Gasteiger partial charge < -0.3 is 10.2 Å². The van der Waals surface area contributed by atoms with Crippen molar-refractivity contribution >= 4 is 5.91 Å². The lowest BCUT2D eigenvalue weighted by atomic mass is 10.0. The largest absolute Gasteiger partial charge is 0.338 e. The Balaban J connectivity index is 1.77. The van der Waals surface area contributed by atoms with E-state index in [1.807, 2.05) is 44.3 Å². The molecule has 126 valence electrons. The average Bonchev–Trinajstić information content (AvgIpc) is 3.04. The number of hydrogen-bond donors (Lipinski definition) is 1. The van der Waals surface area contributed by atoms with E-state index < -0.39 is 5.82 Å². The number of likely N-dealkylation sites (tertiary alicyclic amines) is 1. The Morgan fingerprint density at radius 2 is 1.92 bits per heavy atom. The zero-order valence-electron chi connectivity index (χ0n) is 14.2. The lowest BCUT2D eigenvalue weighted by Gasteiger charge is -2.17. The molecule has 0 spiro atoms. The van der Waals surface area contributed by atoms with Crippen molar-refractivity contribution in [2.75, 3.05) is 26.7 Å². The summed E-state index contributed by atoms with van der Waals surface area (Å²) in [4.78, 5) is 14.3. The van der Waals surface area contributed by atoms with Gasteiger partial charge >= 0.3 is 0 Å². The molecule has 1 aliphatic heterocycles. The molecule has 3 nitrogen and oxygen atoms in total. The van der Waals surface area contributed by atoms with Gasteiger partial charge in [-0.1, -0.05) is 35.9 Å². The minimum absolute atomic E-state index is 0.163. The number of carbonyl (C=O) groups excluding carboxylic acids is 1. The molecular weight excluding hydrogens is 303 g/mol. The molecule has 1 aliphatic rings. The summed E-state index contributed by atoms with van der Waals surface area (Å²) in [5, 5.41) is 3.14. The number of carbonyl (C=O) groups is 1. The molecule has 0 aliphatic carbocycles. The molecule has 1 heterocycles. The lowest BCUT2D eigenvalue weighted by molar-refractivity contribution is 0.0782. The highest BCUT2D eigenvalue weighted by atomic mass is 19.1. The molecule has 1 atom stereocenters. The monoisotopic (exact) mass is 326 g/mol. The van der Waals surface area contributed by atoms with Crippen molar-refractivity contribution in [3.05, 3.63) is 59.4 Å². The molecule has 1 N–H and O–H groups in total. The normalized spacial score (nSPS) is 17.3. The maximum atomic E-state index is 14.5. The molecular formula is C20H23FN2O. The van der Waals surface area contributed by atoms with Crippen molar-refractivity contribution in [2.24, 2.45) is 5.92 Å². The first-order chi connectivity index (χ1) is 11.6. The summed E-state index contributed by atoms with van der Waals surface area (Å²) in [6.45, 7) is 4.30. The molecule has 1 amide bonds. The summed E-state index contributed by atoms with van der Waals surface area (Å²) in [6.07, 6.45) is 0.968. The predicted octanol–water partition coefficient (Wildman–Crippen LogP) is 3.48. The van der Waals surface area contributed by atoms with Gasteiger partial charge in [0, 0.05) is 13.1 Å². The van der Waals surface area contributed by atoms with E-state index in [0.717, 1.165) is 29.7 Å². The minimum atomic E-state index is -0.449. The van der Waals surface area contributed by atoms with Crippen LogP contribution in [0.4, 0.5) is 4.39 Å². The van der Waals surface area contributed by atoms with E-state index in [-0.39, 0.29) is 11.5 Å². The molecule has 0 bridgehead atoms. The van der Waals surface area contributed by atoms with Crippen molar-refractivity contribution < 1.29 is 9.18 Å². The van der Waals surface area contributed by atoms with Crippen LogP contribution >= 0.6 is 0 Å². The van der Waals surface area contributed by atoms with Crippen LogP contribution in [0.1, 0.15) is 22.3 Å². The van der Waals surface area contributed by atoms with E-state index in [1.165, 1.54) is 6.07 Å². The van der Waals surface area contributed by atoms with E-state index >= 15 is 0 Å².